The van der Waals surface area contributed by atoms with Gasteiger partial charge in [-0.1, -0.05) is 22.0 Å². The summed E-state index contributed by atoms with van der Waals surface area (Å²) in [6, 6.07) is 7.03. The first kappa shape index (κ1) is 16.5. The number of rotatable bonds is 7. The van der Waals surface area contributed by atoms with Crippen LogP contribution in [0.1, 0.15) is 33.3 Å². The molecule has 0 saturated heterocycles. The first-order chi connectivity index (χ1) is 8.95. The van der Waals surface area contributed by atoms with Gasteiger partial charge in [0.2, 0.25) is 0 Å². The molecule has 0 spiro atoms. The predicted octanol–water partition coefficient (Wildman–Crippen LogP) is 3.41. The number of hydrogen-bond acceptors (Lipinski definition) is 3. The van der Waals surface area contributed by atoms with E-state index in [4.69, 9.17) is 10.5 Å². The minimum atomic E-state index is 0.501. The van der Waals surface area contributed by atoms with Crippen LogP contribution in [-0.4, -0.2) is 30.1 Å². The topological polar surface area (TPSA) is 38.5 Å². The molecular formula is C15H25BrN2O. The van der Waals surface area contributed by atoms with Crippen molar-refractivity contribution in [1.29, 1.82) is 0 Å². The molecular weight excluding hydrogens is 304 g/mol. The first-order valence-electron chi connectivity index (χ1n) is 6.82. The maximum Gasteiger partial charge on any atom is 0.124 e. The standard InChI is InChI=1S/C15H25BrN2O/c1-11(2)18(12(3)4)7-8-19-15-9-14(16)6-5-13(15)10-17/h5-6,9,11-12H,7-8,10,17H2,1-4H3. The molecule has 3 nitrogen and oxygen atoms in total. The molecule has 1 aromatic rings. The van der Waals surface area contributed by atoms with E-state index in [2.05, 4.69) is 48.5 Å². The van der Waals surface area contributed by atoms with E-state index in [0.717, 1.165) is 22.3 Å². The second-order valence-corrected chi connectivity index (χ2v) is 6.15. The van der Waals surface area contributed by atoms with Crippen LogP contribution in [0.3, 0.4) is 0 Å². The highest BCUT2D eigenvalue weighted by molar-refractivity contribution is 9.10. The molecule has 0 aliphatic heterocycles. The Kier molecular flexibility index (Phi) is 6.83. The third-order valence-corrected chi connectivity index (χ3v) is 3.68. The van der Waals surface area contributed by atoms with Crippen LogP contribution < -0.4 is 10.5 Å². The second-order valence-electron chi connectivity index (χ2n) is 5.23. The SMILES string of the molecule is CC(C)N(CCOc1cc(Br)ccc1CN)C(C)C. The zero-order valence-electron chi connectivity index (χ0n) is 12.3. The zero-order chi connectivity index (χ0) is 14.4. The number of benzene rings is 1. The van der Waals surface area contributed by atoms with Gasteiger partial charge in [0.25, 0.3) is 0 Å². The van der Waals surface area contributed by atoms with Crippen molar-refractivity contribution >= 4 is 15.9 Å². The summed E-state index contributed by atoms with van der Waals surface area (Å²) in [7, 11) is 0. The Bertz CT molecular complexity index is 386. The van der Waals surface area contributed by atoms with Crippen LogP contribution in [-0.2, 0) is 6.54 Å². The second kappa shape index (κ2) is 7.88. The molecule has 0 amide bonds. The smallest absolute Gasteiger partial charge is 0.124 e. The molecule has 2 N–H and O–H groups in total. The summed E-state index contributed by atoms with van der Waals surface area (Å²) in [5, 5.41) is 0. The molecule has 0 atom stereocenters. The molecule has 0 unspecified atom stereocenters. The molecule has 0 radical (unpaired) electrons. The summed E-state index contributed by atoms with van der Waals surface area (Å²) < 4.78 is 6.91. The highest BCUT2D eigenvalue weighted by atomic mass is 79.9. The predicted molar refractivity (Wildman–Crippen MR) is 84.5 cm³/mol. The van der Waals surface area contributed by atoms with Gasteiger partial charge in [-0.15, -0.1) is 0 Å². The van der Waals surface area contributed by atoms with Crippen molar-refractivity contribution in [2.75, 3.05) is 13.2 Å². The minimum absolute atomic E-state index is 0.501. The quantitative estimate of drug-likeness (QED) is 0.833. The van der Waals surface area contributed by atoms with Gasteiger partial charge in [-0.3, -0.25) is 4.90 Å². The fourth-order valence-corrected chi connectivity index (χ4v) is 2.55. The van der Waals surface area contributed by atoms with Crippen molar-refractivity contribution in [2.45, 2.75) is 46.3 Å². The van der Waals surface area contributed by atoms with Crippen molar-refractivity contribution in [3.05, 3.63) is 28.2 Å². The average molecular weight is 329 g/mol. The molecule has 4 heteroatoms. The average Bonchev–Trinajstić information content (AvgIpc) is 2.33. The van der Waals surface area contributed by atoms with E-state index in [1.807, 2.05) is 18.2 Å². The van der Waals surface area contributed by atoms with Gasteiger partial charge in [0, 0.05) is 35.2 Å². The van der Waals surface area contributed by atoms with Gasteiger partial charge in [-0.05, 0) is 39.8 Å². The molecule has 1 aromatic carbocycles. The van der Waals surface area contributed by atoms with Gasteiger partial charge < -0.3 is 10.5 Å². The summed E-state index contributed by atoms with van der Waals surface area (Å²) >= 11 is 3.46. The normalized spacial score (nSPS) is 11.6. The minimum Gasteiger partial charge on any atom is -0.492 e. The molecule has 0 aliphatic rings. The molecule has 1 rings (SSSR count). The van der Waals surface area contributed by atoms with Crippen molar-refractivity contribution in [2.24, 2.45) is 5.73 Å². The fraction of sp³-hybridized carbons (Fsp3) is 0.600. The molecule has 0 fully saturated rings. The van der Waals surface area contributed by atoms with Gasteiger partial charge in [0.05, 0.1) is 0 Å². The Hall–Kier alpha value is -0.580. The Labute approximate surface area is 125 Å². The Balaban J connectivity index is 2.59. The number of nitrogens with two attached hydrogens (primary N) is 1. The largest absolute Gasteiger partial charge is 0.492 e. The monoisotopic (exact) mass is 328 g/mol. The van der Waals surface area contributed by atoms with Gasteiger partial charge in [0.15, 0.2) is 0 Å². The number of nitrogens with zero attached hydrogens (tertiary/aromatic N) is 1. The van der Waals surface area contributed by atoms with E-state index in [0.29, 0.717) is 25.2 Å². The highest BCUT2D eigenvalue weighted by Gasteiger charge is 2.13. The van der Waals surface area contributed by atoms with E-state index in [1.54, 1.807) is 0 Å². The van der Waals surface area contributed by atoms with Crippen LogP contribution >= 0.6 is 15.9 Å². The Morgan fingerprint density at radius 1 is 1.21 bits per heavy atom. The Morgan fingerprint density at radius 2 is 1.84 bits per heavy atom. The molecule has 0 bridgehead atoms. The van der Waals surface area contributed by atoms with E-state index < -0.39 is 0 Å². The van der Waals surface area contributed by atoms with E-state index in [9.17, 15) is 0 Å². The lowest BCUT2D eigenvalue weighted by Gasteiger charge is -2.30. The summed E-state index contributed by atoms with van der Waals surface area (Å²) in [4.78, 5) is 2.42. The summed E-state index contributed by atoms with van der Waals surface area (Å²) in [6.07, 6.45) is 0. The van der Waals surface area contributed by atoms with Crippen LogP contribution in [0, 0.1) is 0 Å². The van der Waals surface area contributed by atoms with Gasteiger partial charge in [-0.25, -0.2) is 0 Å². The van der Waals surface area contributed by atoms with Crippen molar-refractivity contribution in [3.8, 4) is 5.75 Å². The fourth-order valence-electron chi connectivity index (χ4n) is 2.21. The molecule has 0 aliphatic carbocycles. The van der Waals surface area contributed by atoms with E-state index in [-0.39, 0.29) is 0 Å². The van der Waals surface area contributed by atoms with Crippen molar-refractivity contribution < 1.29 is 4.74 Å². The molecule has 0 saturated carbocycles. The molecule has 0 aromatic heterocycles. The zero-order valence-corrected chi connectivity index (χ0v) is 13.9. The lowest BCUT2D eigenvalue weighted by atomic mass is 10.2. The number of hydrogen-bond donors (Lipinski definition) is 1. The summed E-state index contributed by atoms with van der Waals surface area (Å²) in [5.74, 6) is 0.879. The van der Waals surface area contributed by atoms with Crippen LogP contribution in [0.15, 0.2) is 22.7 Å². The van der Waals surface area contributed by atoms with Gasteiger partial charge >= 0.3 is 0 Å². The lowest BCUT2D eigenvalue weighted by molar-refractivity contribution is 0.141. The van der Waals surface area contributed by atoms with Gasteiger partial charge in [0.1, 0.15) is 12.4 Å². The summed E-state index contributed by atoms with van der Waals surface area (Å²) in [5.41, 5.74) is 6.77. The molecule has 0 heterocycles. The Morgan fingerprint density at radius 3 is 2.37 bits per heavy atom. The van der Waals surface area contributed by atoms with E-state index in [1.165, 1.54) is 0 Å². The van der Waals surface area contributed by atoms with Crippen molar-refractivity contribution in [3.63, 3.8) is 0 Å². The highest BCUT2D eigenvalue weighted by Crippen LogP contribution is 2.23. The third kappa shape index (κ3) is 5.13. The van der Waals surface area contributed by atoms with Crippen LogP contribution in [0.25, 0.3) is 0 Å². The van der Waals surface area contributed by atoms with Crippen molar-refractivity contribution in [1.82, 2.24) is 4.90 Å². The van der Waals surface area contributed by atoms with E-state index >= 15 is 0 Å². The number of halogens is 1. The molecule has 19 heavy (non-hydrogen) atoms. The first-order valence-corrected chi connectivity index (χ1v) is 7.62. The number of ether oxygens (including phenoxy) is 1. The third-order valence-electron chi connectivity index (χ3n) is 3.18. The maximum absolute atomic E-state index is 5.89. The summed E-state index contributed by atoms with van der Waals surface area (Å²) in [6.45, 7) is 11.0. The molecule has 108 valence electrons. The van der Waals surface area contributed by atoms with Crippen LogP contribution in [0.2, 0.25) is 0 Å². The van der Waals surface area contributed by atoms with Crippen LogP contribution in [0.4, 0.5) is 0 Å². The lowest BCUT2D eigenvalue weighted by Crippen LogP contribution is -2.39. The maximum atomic E-state index is 5.89. The van der Waals surface area contributed by atoms with Gasteiger partial charge in [-0.2, -0.15) is 0 Å². The van der Waals surface area contributed by atoms with Crippen LogP contribution in [0.5, 0.6) is 5.75 Å².